The quantitative estimate of drug-likeness (QED) is 0.802. The second kappa shape index (κ2) is 9.95. The molecule has 27 heavy (non-hydrogen) atoms. The summed E-state index contributed by atoms with van der Waals surface area (Å²) in [5.41, 5.74) is 1.18. The maximum absolute atomic E-state index is 12.5. The van der Waals surface area contributed by atoms with Crippen molar-refractivity contribution >= 4 is 6.03 Å². The highest BCUT2D eigenvalue weighted by molar-refractivity contribution is 5.74. The van der Waals surface area contributed by atoms with Gasteiger partial charge in [-0.1, -0.05) is 31.9 Å². The second-order valence-corrected chi connectivity index (χ2v) is 7.76. The number of rotatable bonds is 6. The van der Waals surface area contributed by atoms with E-state index in [1.165, 1.54) is 18.4 Å². The molecule has 3 atom stereocenters. The van der Waals surface area contributed by atoms with Gasteiger partial charge in [0.05, 0.1) is 26.4 Å². The van der Waals surface area contributed by atoms with Gasteiger partial charge in [0.1, 0.15) is 5.75 Å². The molecule has 6 heteroatoms. The van der Waals surface area contributed by atoms with Crippen LogP contribution in [0.1, 0.15) is 44.2 Å². The van der Waals surface area contributed by atoms with Gasteiger partial charge in [0.25, 0.3) is 0 Å². The monoisotopic (exact) mass is 375 g/mol. The lowest BCUT2D eigenvalue weighted by molar-refractivity contribution is 0.0166. The van der Waals surface area contributed by atoms with Crippen LogP contribution in [0.25, 0.3) is 0 Å². The molecule has 2 fully saturated rings. The van der Waals surface area contributed by atoms with Crippen molar-refractivity contribution in [2.24, 2.45) is 5.92 Å². The molecule has 1 saturated carbocycles. The molecular weight excluding hydrogens is 342 g/mol. The zero-order valence-corrected chi connectivity index (χ0v) is 16.6. The smallest absolute Gasteiger partial charge is 0.315 e. The fourth-order valence-corrected chi connectivity index (χ4v) is 4.16. The summed E-state index contributed by atoms with van der Waals surface area (Å²) in [5, 5.41) is 6.27. The first-order chi connectivity index (χ1) is 13.2. The Morgan fingerprint density at radius 3 is 2.67 bits per heavy atom. The highest BCUT2D eigenvalue weighted by Gasteiger charge is 2.24. The lowest BCUT2D eigenvalue weighted by Crippen LogP contribution is -2.48. The lowest BCUT2D eigenvalue weighted by atomic mass is 9.87. The average molecular weight is 376 g/mol. The number of amides is 2. The number of carbonyl (C=O) groups excluding carboxylic acids is 1. The zero-order valence-electron chi connectivity index (χ0n) is 16.6. The first kappa shape index (κ1) is 20.0. The number of nitrogens with one attached hydrogen (secondary N) is 2. The van der Waals surface area contributed by atoms with Crippen molar-refractivity contribution in [1.82, 2.24) is 15.5 Å². The van der Waals surface area contributed by atoms with E-state index in [2.05, 4.69) is 34.6 Å². The number of urea groups is 1. The highest BCUT2D eigenvalue weighted by Crippen LogP contribution is 2.25. The Hall–Kier alpha value is -1.79. The molecule has 1 aliphatic heterocycles. The molecule has 1 aromatic rings. The number of carbonyl (C=O) groups is 1. The van der Waals surface area contributed by atoms with Crippen LogP contribution in [0.5, 0.6) is 5.75 Å². The Bertz CT molecular complexity index is 587. The van der Waals surface area contributed by atoms with Crippen molar-refractivity contribution in [3.8, 4) is 5.75 Å². The normalized spacial score (nSPS) is 24.8. The van der Waals surface area contributed by atoms with Crippen molar-refractivity contribution < 1.29 is 14.3 Å². The summed E-state index contributed by atoms with van der Waals surface area (Å²) in [5.74, 6) is 1.54. The molecule has 0 aromatic heterocycles. The molecule has 1 heterocycles. The van der Waals surface area contributed by atoms with Crippen LogP contribution in [-0.2, 0) is 4.74 Å². The molecule has 2 N–H and O–H groups in total. The van der Waals surface area contributed by atoms with E-state index < -0.39 is 0 Å². The Balaban J connectivity index is 1.59. The van der Waals surface area contributed by atoms with Gasteiger partial charge < -0.3 is 20.1 Å². The van der Waals surface area contributed by atoms with Gasteiger partial charge in [-0.05, 0) is 36.5 Å². The molecule has 2 amide bonds. The molecule has 0 spiro atoms. The second-order valence-electron chi connectivity index (χ2n) is 7.76. The third kappa shape index (κ3) is 5.84. The summed E-state index contributed by atoms with van der Waals surface area (Å²) < 4.78 is 10.8. The van der Waals surface area contributed by atoms with Gasteiger partial charge in [-0.25, -0.2) is 4.79 Å². The van der Waals surface area contributed by atoms with E-state index in [9.17, 15) is 4.79 Å². The predicted molar refractivity (Wildman–Crippen MR) is 106 cm³/mol. The van der Waals surface area contributed by atoms with E-state index in [4.69, 9.17) is 9.47 Å². The minimum absolute atomic E-state index is 0.0547. The molecular formula is C21H33N3O3. The Morgan fingerprint density at radius 2 is 2.00 bits per heavy atom. The zero-order chi connectivity index (χ0) is 19.1. The van der Waals surface area contributed by atoms with Crippen molar-refractivity contribution in [3.63, 3.8) is 0 Å². The molecule has 0 bridgehead atoms. The van der Waals surface area contributed by atoms with E-state index in [0.29, 0.717) is 18.5 Å². The molecule has 3 unspecified atom stereocenters. The summed E-state index contributed by atoms with van der Waals surface area (Å²) in [7, 11) is 1.67. The van der Waals surface area contributed by atoms with E-state index in [0.717, 1.165) is 44.9 Å². The molecule has 6 nitrogen and oxygen atoms in total. The maximum atomic E-state index is 12.5. The number of nitrogens with zero attached hydrogens (tertiary/aromatic N) is 1. The molecule has 0 radical (unpaired) electrons. The van der Waals surface area contributed by atoms with Crippen LogP contribution in [0, 0.1) is 5.92 Å². The van der Waals surface area contributed by atoms with Gasteiger partial charge in [-0.3, -0.25) is 4.90 Å². The molecule has 150 valence electrons. The first-order valence-electron chi connectivity index (χ1n) is 10.2. The molecule has 1 aliphatic carbocycles. The van der Waals surface area contributed by atoms with Gasteiger partial charge in [0.2, 0.25) is 0 Å². The number of benzene rings is 1. The van der Waals surface area contributed by atoms with Crippen LogP contribution >= 0.6 is 0 Å². The molecule has 2 aliphatic rings. The Kier molecular flexibility index (Phi) is 7.35. The van der Waals surface area contributed by atoms with Crippen LogP contribution in [0.2, 0.25) is 0 Å². The van der Waals surface area contributed by atoms with Gasteiger partial charge in [-0.15, -0.1) is 0 Å². The Labute approximate surface area is 162 Å². The summed E-state index contributed by atoms with van der Waals surface area (Å²) in [6.07, 6.45) is 4.65. The van der Waals surface area contributed by atoms with Crippen LogP contribution < -0.4 is 15.4 Å². The van der Waals surface area contributed by atoms with Gasteiger partial charge in [-0.2, -0.15) is 0 Å². The lowest BCUT2D eigenvalue weighted by Gasteiger charge is -2.35. The third-order valence-electron chi connectivity index (χ3n) is 5.71. The minimum Gasteiger partial charge on any atom is -0.497 e. The third-order valence-corrected chi connectivity index (χ3v) is 5.71. The number of morpholine rings is 1. The number of methoxy groups -OCH3 is 1. The van der Waals surface area contributed by atoms with Crippen LogP contribution in [0.4, 0.5) is 4.79 Å². The van der Waals surface area contributed by atoms with Gasteiger partial charge >= 0.3 is 6.03 Å². The first-order valence-corrected chi connectivity index (χ1v) is 10.2. The van der Waals surface area contributed by atoms with Crippen molar-refractivity contribution in [2.45, 2.75) is 44.7 Å². The molecule has 1 saturated heterocycles. The summed E-state index contributed by atoms with van der Waals surface area (Å²) >= 11 is 0. The van der Waals surface area contributed by atoms with Crippen LogP contribution in [0.15, 0.2) is 24.3 Å². The van der Waals surface area contributed by atoms with E-state index in [1.807, 2.05) is 12.1 Å². The fraction of sp³-hybridized carbons (Fsp3) is 0.667. The summed E-state index contributed by atoms with van der Waals surface area (Å²) in [6, 6.07) is 8.51. The Morgan fingerprint density at radius 1 is 1.26 bits per heavy atom. The highest BCUT2D eigenvalue weighted by atomic mass is 16.5. The number of ether oxygens (including phenoxy) is 2. The van der Waals surface area contributed by atoms with Crippen LogP contribution in [0.3, 0.4) is 0 Å². The largest absolute Gasteiger partial charge is 0.497 e. The fourth-order valence-electron chi connectivity index (χ4n) is 4.16. The molecule has 3 rings (SSSR count). The van der Waals surface area contributed by atoms with E-state index in [-0.39, 0.29) is 12.1 Å². The van der Waals surface area contributed by atoms with Crippen molar-refractivity contribution in [1.29, 1.82) is 0 Å². The van der Waals surface area contributed by atoms with Gasteiger partial charge in [0, 0.05) is 25.7 Å². The van der Waals surface area contributed by atoms with Crippen molar-refractivity contribution in [3.05, 3.63) is 29.8 Å². The van der Waals surface area contributed by atoms with E-state index >= 15 is 0 Å². The standard InChI is InChI=1S/C21H33N3O3/c1-16-4-3-5-18(14-16)23-21(25)22-15-20(24-10-12-27-13-11-24)17-6-8-19(26-2)9-7-17/h6-9,16,18,20H,3-5,10-15H2,1-2H3,(H2,22,23,25). The minimum atomic E-state index is -0.0547. The van der Waals surface area contributed by atoms with Gasteiger partial charge in [0.15, 0.2) is 0 Å². The van der Waals surface area contributed by atoms with E-state index in [1.54, 1.807) is 7.11 Å². The average Bonchev–Trinajstić information content (AvgIpc) is 2.69. The topological polar surface area (TPSA) is 62.8 Å². The SMILES string of the molecule is COc1ccc(C(CNC(=O)NC2CCCC(C)C2)N2CCOCC2)cc1. The molecule has 1 aromatic carbocycles. The van der Waals surface area contributed by atoms with Crippen molar-refractivity contribution in [2.75, 3.05) is 40.0 Å². The summed E-state index contributed by atoms with van der Waals surface area (Å²) in [6.45, 7) is 6.07. The number of hydrogen-bond donors (Lipinski definition) is 2. The van der Waals surface area contributed by atoms with Crippen LogP contribution in [-0.4, -0.2) is 56.9 Å². The predicted octanol–water partition coefficient (Wildman–Crippen LogP) is 2.95. The maximum Gasteiger partial charge on any atom is 0.315 e. The number of hydrogen-bond acceptors (Lipinski definition) is 4. The summed E-state index contributed by atoms with van der Waals surface area (Å²) in [4.78, 5) is 14.8.